The van der Waals surface area contributed by atoms with Gasteiger partial charge in [-0.25, -0.2) is 0 Å². The highest BCUT2D eigenvalue weighted by Gasteiger charge is 2.21. The van der Waals surface area contributed by atoms with Crippen LogP contribution in [0.2, 0.25) is 0 Å². The molecule has 1 aliphatic rings. The molecule has 0 spiro atoms. The van der Waals surface area contributed by atoms with Crippen molar-refractivity contribution in [3.8, 4) is 17.4 Å². The number of hydrogen-bond acceptors (Lipinski definition) is 6. The number of hydrogen-bond donors (Lipinski definition) is 0. The van der Waals surface area contributed by atoms with E-state index in [1.54, 1.807) is 35.2 Å². The summed E-state index contributed by atoms with van der Waals surface area (Å²) in [6, 6.07) is 11.3. The lowest BCUT2D eigenvalue weighted by Crippen LogP contribution is -2.41. The molecule has 1 aromatic carbocycles. The van der Waals surface area contributed by atoms with Crippen LogP contribution in [0.3, 0.4) is 0 Å². The first-order valence-corrected chi connectivity index (χ1v) is 7.99. The van der Waals surface area contributed by atoms with Crippen LogP contribution in [0.25, 0.3) is 17.4 Å². The van der Waals surface area contributed by atoms with Gasteiger partial charge >= 0.3 is 0 Å². The fourth-order valence-electron chi connectivity index (χ4n) is 2.67. The SMILES string of the molecule is N#C/C(=C/c1ccc(-c2ccccc2C(=O)[O-])o1)C(=O)N1CCOCC1. The Morgan fingerprint density at radius 2 is 1.88 bits per heavy atom. The summed E-state index contributed by atoms with van der Waals surface area (Å²) < 4.78 is 10.8. The summed E-state index contributed by atoms with van der Waals surface area (Å²) in [6.07, 6.45) is 1.35. The lowest BCUT2D eigenvalue weighted by Gasteiger charge is -2.26. The Morgan fingerprint density at radius 1 is 1.15 bits per heavy atom. The van der Waals surface area contributed by atoms with Gasteiger partial charge in [0.15, 0.2) is 0 Å². The molecular weight excluding hydrogens is 336 g/mol. The van der Waals surface area contributed by atoms with E-state index in [0.29, 0.717) is 37.6 Å². The Labute approximate surface area is 149 Å². The molecule has 0 N–H and O–H groups in total. The van der Waals surface area contributed by atoms with Gasteiger partial charge in [-0.05, 0) is 12.1 Å². The molecule has 1 amide bonds. The molecule has 26 heavy (non-hydrogen) atoms. The third kappa shape index (κ3) is 3.66. The van der Waals surface area contributed by atoms with Crippen LogP contribution < -0.4 is 5.11 Å². The Hall–Kier alpha value is -3.37. The Balaban J connectivity index is 1.87. The number of nitriles is 1. The van der Waals surface area contributed by atoms with Crippen molar-refractivity contribution in [1.82, 2.24) is 4.90 Å². The molecule has 0 bridgehead atoms. The smallest absolute Gasteiger partial charge is 0.264 e. The van der Waals surface area contributed by atoms with Crippen LogP contribution in [0.5, 0.6) is 0 Å². The van der Waals surface area contributed by atoms with Crippen molar-refractivity contribution in [3.63, 3.8) is 0 Å². The highest BCUT2D eigenvalue weighted by molar-refractivity contribution is 6.01. The van der Waals surface area contributed by atoms with Crippen molar-refractivity contribution in [2.75, 3.05) is 26.3 Å². The highest BCUT2D eigenvalue weighted by atomic mass is 16.5. The number of carbonyl (C=O) groups is 2. The zero-order valence-electron chi connectivity index (χ0n) is 13.8. The number of aromatic carboxylic acids is 1. The van der Waals surface area contributed by atoms with Crippen LogP contribution in [0.1, 0.15) is 16.1 Å². The molecule has 1 aliphatic heterocycles. The molecule has 0 aliphatic carbocycles. The number of nitrogens with zero attached hydrogens (tertiary/aromatic N) is 2. The molecule has 1 aromatic heterocycles. The summed E-state index contributed by atoms with van der Waals surface area (Å²) in [5, 5.41) is 20.5. The minimum atomic E-state index is -1.31. The second-order valence-corrected chi connectivity index (χ2v) is 5.61. The summed E-state index contributed by atoms with van der Waals surface area (Å²) in [6.45, 7) is 1.74. The van der Waals surface area contributed by atoms with Crippen molar-refractivity contribution in [1.29, 1.82) is 5.26 Å². The average molecular weight is 351 g/mol. The molecule has 0 atom stereocenters. The zero-order valence-corrected chi connectivity index (χ0v) is 13.8. The maximum Gasteiger partial charge on any atom is 0.264 e. The molecule has 7 heteroatoms. The molecule has 3 rings (SSSR count). The standard InChI is InChI=1S/C19H16N2O5/c20-12-13(18(22)21-7-9-25-10-8-21)11-14-5-6-17(26-14)15-3-1-2-4-16(15)19(23)24/h1-6,11H,7-10H2,(H,23,24)/p-1/b13-11-. The number of carboxylic acids is 1. The van der Waals surface area contributed by atoms with E-state index in [0.717, 1.165) is 0 Å². The van der Waals surface area contributed by atoms with Gasteiger partial charge in [-0.3, -0.25) is 4.79 Å². The van der Waals surface area contributed by atoms with Gasteiger partial charge in [0.05, 0.1) is 19.2 Å². The molecule has 0 saturated carbocycles. The first-order chi connectivity index (χ1) is 12.6. The second-order valence-electron chi connectivity index (χ2n) is 5.61. The largest absolute Gasteiger partial charge is 0.545 e. The summed E-state index contributed by atoms with van der Waals surface area (Å²) in [4.78, 5) is 25.2. The van der Waals surface area contributed by atoms with Crippen molar-refractivity contribution in [3.05, 3.63) is 53.3 Å². The van der Waals surface area contributed by atoms with Crippen molar-refractivity contribution in [2.24, 2.45) is 0 Å². The van der Waals surface area contributed by atoms with E-state index in [1.807, 2.05) is 6.07 Å². The summed E-state index contributed by atoms with van der Waals surface area (Å²) >= 11 is 0. The molecule has 7 nitrogen and oxygen atoms in total. The van der Waals surface area contributed by atoms with E-state index in [-0.39, 0.29) is 22.8 Å². The summed E-state index contributed by atoms with van der Waals surface area (Å²) in [5.41, 5.74) is 0.313. The second kappa shape index (κ2) is 7.68. The monoisotopic (exact) mass is 351 g/mol. The maximum atomic E-state index is 12.4. The first-order valence-electron chi connectivity index (χ1n) is 7.99. The predicted molar refractivity (Wildman–Crippen MR) is 89.5 cm³/mol. The van der Waals surface area contributed by atoms with Crippen LogP contribution in [-0.4, -0.2) is 43.1 Å². The van der Waals surface area contributed by atoms with Gasteiger partial charge < -0.3 is 24.0 Å². The van der Waals surface area contributed by atoms with Crippen LogP contribution in [0, 0.1) is 11.3 Å². The van der Waals surface area contributed by atoms with E-state index in [9.17, 15) is 20.0 Å². The average Bonchev–Trinajstić information content (AvgIpc) is 3.14. The highest BCUT2D eigenvalue weighted by Crippen LogP contribution is 2.26. The van der Waals surface area contributed by atoms with E-state index >= 15 is 0 Å². The van der Waals surface area contributed by atoms with Gasteiger partial charge in [0.1, 0.15) is 23.2 Å². The fourth-order valence-corrected chi connectivity index (χ4v) is 2.67. The van der Waals surface area contributed by atoms with Crippen LogP contribution in [-0.2, 0) is 9.53 Å². The molecule has 2 aromatic rings. The van der Waals surface area contributed by atoms with Gasteiger partial charge in [0.25, 0.3) is 5.91 Å². The minimum absolute atomic E-state index is 0.00211. The molecule has 0 unspecified atom stereocenters. The van der Waals surface area contributed by atoms with E-state index in [4.69, 9.17) is 9.15 Å². The predicted octanol–water partition coefficient (Wildman–Crippen LogP) is 1.08. The van der Waals surface area contributed by atoms with Gasteiger partial charge in [-0.15, -0.1) is 0 Å². The third-order valence-electron chi connectivity index (χ3n) is 3.97. The number of carbonyl (C=O) groups excluding carboxylic acids is 2. The Kier molecular flexibility index (Phi) is 5.15. The Bertz CT molecular complexity index is 901. The molecule has 1 saturated heterocycles. The van der Waals surface area contributed by atoms with Gasteiger partial charge in [0.2, 0.25) is 0 Å². The first kappa shape index (κ1) is 17.5. The molecule has 1 fully saturated rings. The van der Waals surface area contributed by atoms with E-state index in [2.05, 4.69) is 0 Å². The quantitative estimate of drug-likeness (QED) is 0.602. The van der Waals surface area contributed by atoms with Gasteiger partial charge in [-0.2, -0.15) is 5.26 Å². The number of amides is 1. The number of carboxylic acid groups (broad SMARTS) is 1. The van der Waals surface area contributed by atoms with Crippen molar-refractivity contribution < 1.29 is 23.8 Å². The van der Waals surface area contributed by atoms with Crippen LogP contribution in [0.4, 0.5) is 0 Å². The molecule has 0 radical (unpaired) electrons. The van der Waals surface area contributed by atoms with E-state index < -0.39 is 5.97 Å². The van der Waals surface area contributed by atoms with Gasteiger partial charge in [-0.1, -0.05) is 24.3 Å². The number of furan rings is 1. The topological polar surface area (TPSA) is 107 Å². The lowest BCUT2D eigenvalue weighted by atomic mass is 10.1. The number of ether oxygens (including phenoxy) is 1. The van der Waals surface area contributed by atoms with Crippen molar-refractivity contribution >= 4 is 18.0 Å². The molecule has 2 heterocycles. The zero-order chi connectivity index (χ0) is 18.5. The number of benzene rings is 1. The minimum Gasteiger partial charge on any atom is -0.545 e. The van der Waals surface area contributed by atoms with Crippen molar-refractivity contribution in [2.45, 2.75) is 0 Å². The normalized spacial score (nSPS) is 14.7. The fraction of sp³-hybridized carbons (Fsp3) is 0.211. The number of morpholine rings is 1. The summed E-state index contributed by atoms with van der Waals surface area (Å²) in [5.74, 6) is -1.10. The van der Waals surface area contributed by atoms with Crippen LogP contribution in [0.15, 0.2) is 46.4 Å². The maximum absolute atomic E-state index is 12.4. The Morgan fingerprint density at radius 3 is 2.58 bits per heavy atom. The van der Waals surface area contributed by atoms with E-state index in [1.165, 1.54) is 12.1 Å². The molecule has 132 valence electrons. The van der Waals surface area contributed by atoms with Gasteiger partial charge in [0, 0.05) is 30.3 Å². The summed E-state index contributed by atoms with van der Waals surface area (Å²) in [7, 11) is 0. The number of rotatable bonds is 4. The lowest BCUT2D eigenvalue weighted by molar-refractivity contribution is -0.254. The van der Waals surface area contributed by atoms with Crippen LogP contribution >= 0.6 is 0 Å². The molecular formula is C19H15N2O5-. The third-order valence-corrected chi connectivity index (χ3v) is 3.97.